The van der Waals surface area contributed by atoms with Crippen LogP contribution >= 0.6 is 0 Å². The van der Waals surface area contributed by atoms with Crippen LogP contribution in [-0.4, -0.2) is 11.0 Å². The number of benzene rings is 1. The lowest BCUT2D eigenvalue weighted by Crippen LogP contribution is -2.15. The Bertz CT molecular complexity index is 382. The van der Waals surface area contributed by atoms with Crippen molar-refractivity contribution in [2.75, 3.05) is 0 Å². The van der Waals surface area contributed by atoms with Gasteiger partial charge >= 0.3 is 0 Å². The van der Waals surface area contributed by atoms with E-state index in [9.17, 15) is 0 Å². The molecule has 0 amide bonds. The molecule has 1 atom stereocenters. The Morgan fingerprint density at radius 2 is 2.14 bits per heavy atom. The Hall–Kier alpha value is -1.28. The third-order valence-electron chi connectivity index (χ3n) is 2.45. The zero-order valence-corrected chi connectivity index (χ0v) is 8.46. The van der Waals surface area contributed by atoms with Crippen LogP contribution in [0.5, 0.6) is 0 Å². The van der Waals surface area contributed by atoms with Crippen LogP contribution in [-0.2, 0) is 6.42 Å². The maximum atomic E-state index is 5.72. The van der Waals surface area contributed by atoms with Crippen molar-refractivity contribution in [2.24, 2.45) is 5.73 Å². The summed E-state index contributed by atoms with van der Waals surface area (Å²) in [6.45, 7) is 2.04. The molecular formula is C12H16N2. The molecule has 0 saturated heterocycles. The van der Waals surface area contributed by atoms with Crippen molar-refractivity contribution in [3.05, 3.63) is 36.0 Å². The van der Waals surface area contributed by atoms with E-state index in [-0.39, 0.29) is 6.04 Å². The summed E-state index contributed by atoms with van der Waals surface area (Å²) in [4.78, 5) is 3.40. The number of para-hydroxylation sites is 1. The third kappa shape index (κ3) is 1.96. The van der Waals surface area contributed by atoms with Crippen LogP contribution in [0.3, 0.4) is 0 Å². The van der Waals surface area contributed by atoms with E-state index in [0.29, 0.717) is 0 Å². The van der Waals surface area contributed by atoms with Gasteiger partial charge in [-0.05, 0) is 37.3 Å². The molecule has 0 fully saturated rings. The number of rotatable bonds is 3. The van der Waals surface area contributed by atoms with Gasteiger partial charge in [-0.25, -0.2) is 0 Å². The minimum atomic E-state index is 0.279. The van der Waals surface area contributed by atoms with Crippen molar-refractivity contribution in [1.29, 1.82) is 0 Å². The Morgan fingerprint density at radius 1 is 1.36 bits per heavy atom. The molecule has 2 aromatic rings. The van der Waals surface area contributed by atoms with Crippen molar-refractivity contribution in [1.82, 2.24) is 4.98 Å². The van der Waals surface area contributed by atoms with Gasteiger partial charge in [-0.15, -0.1) is 0 Å². The van der Waals surface area contributed by atoms with Gasteiger partial charge < -0.3 is 10.7 Å². The smallest absolute Gasteiger partial charge is 0.0456 e. The van der Waals surface area contributed by atoms with Gasteiger partial charge in [0, 0.05) is 17.3 Å². The standard InChI is InChI=1S/C12H16N2/c1-9(13)6-7-11-8-10-4-2-3-5-12(10)14-11/h2-5,8-9,14H,6-7,13H2,1H3. The van der Waals surface area contributed by atoms with E-state index in [2.05, 4.69) is 29.2 Å². The van der Waals surface area contributed by atoms with Gasteiger partial charge in [-0.1, -0.05) is 18.2 Å². The summed E-state index contributed by atoms with van der Waals surface area (Å²) in [7, 11) is 0. The summed E-state index contributed by atoms with van der Waals surface area (Å²) >= 11 is 0. The number of H-pyrrole nitrogens is 1. The molecule has 0 spiro atoms. The van der Waals surface area contributed by atoms with Crippen LogP contribution < -0.4 is 5.73 Å². The van der Waals surface area contributed by atoms with E-state index in [1.807, 2.05) is 13.0 Å². The minimum Gasteiger partial charge on any atom is -0.358 e. The minimum absolute atomic E-state index is 0.279. The van der Waals surface area contributed by atoms with Crippen molar-refractivity contribution in [3.8, 4) is 0 Å². The summed E-state index contributed by atoms with van der Waals surface area (Å²) in [5, 5.41) is 1.28. The molecule has 1 aromatic heterocycles. The molecule has 1 aromatic carbocycles. The maximum Gasteiger partial charge on any atom is 0.0456 e. The van der Waals surface area contributed by atoms with Gasteiger partial charge in [-0.2, -0.15) is 0 Å². The fourth-order valence-corrected chi connectivity index (χ4v) is 1.65. The lowest BCUT2D eigenvalue weighted by atomic mass is 10.1. The van der Waals surface area contributed by atoms with Gasteiger partial charge in [0.2, 0.25) is 0 Å². The van der Waals surface area contributed by atoms with Crippen molar-refractivity contribution in [2.45, 2.75) is 25.8 Å². The molecule has 0 bridgehead atoms. The molecule has 1 unspecified atom stereocenters. The summed E-state index contributed by atoms with van der Waals surface area (Å²) in [6, 6.07) is 10.8. The second-order valence-corrected chi connectivity index (χ2v) is 3.90. The Morgan fingerprint density at radius 3 is 2.86 bits per heavy atom. The molecule has 0 aliphatic rings. The third-order valence-corrected chi connectivity index (χ3v) is 2.45. The Kier molecular flexibility index (Phi) is 2.55. The normalized spacial score (nSPS) is 13.3. The first-order valence-corrected chi connectivity index (χ1v) is 5.08. The average Bonchev–Trinajstić information content (AvgIpc) is 2.57. The largest absolute Gasteiger partial charge is 0.358 e. The van der Waals surface area contributed by atoms with Gasteiger partial charge in [0.25, 0.3) is 0 Å². The van der Waals surface area contributed by atoms with Crippen LogP contribution in [0.1, 0.15) is 19.0 Å². The fraction of sp³-hybridized carbons (Fsp3) is 0.333. The summed E-state index contributed by atoms with van der Waals surface area (Å²) < 4.78 is 0. The summed E-state index contributed by atoms with van der Waals surface area (Å²) in [5.74, 6) is 0. The van der Waals surface area contributed by atoms with E-state index >= 15 is 0 Å². The number of aryl methyl sites for hydroxylation is 1. The lowest BCUT2D eigenvalue weighted by molar-refractivity contribution is 0.660. The second kappa shape index (κ2) is 3.84. The molecule has 0 aliphatic carbocycles. The van der Waals surface area contributed by atoms with Crippen LogP contribution in [0.25, 0.3) is 10.9 Å². The predicted molar refractivity (Wildman–Crippen MR) is 60.3 cm³/mol. The summed E-state index contributed by atoms with van der Waals surface area (Å²) in [6.07, 6.45) is 2.07. The molecule has 14 heavy (non-hydrogen) atoms. The topological polar surface area (TPSA) is 41.8 Å². The average molecular weight is 188 g/mol. The molecule has 74 valence electrons. The number of hydrogen-bond donors (Lipinski definition) is 2. The maximum absolute atomic E-state index is 5.72. The van der Waals surface area contributed by atoms with E-state index in [4.69, 9.17) is 5.73 Å². The number of aromatic amines is 1. The fourth-order valence-electron chi connectivity index (χ4n) is 1.65. The number of fused-ring (bicyclic) bond motifs is 1. The van der Waals surface area contributed by atoms with Crippen LogP contribution in [0, 0.1) is 0 Å². The molecule has 2 heteroatoms. The van der Waals surface area contributed by atoms with Crippen molar-refractivity contribution >= 4 is 10.9 Å². The molecule has 2 nitrogen and oxygen atoms in total. The molecule has 0 aliphatic heterocycles. The predicted octanol–water partition coefficient (Wildman–Crippen LogP) is 2.45. The van der Waals surface area contributed by atoms with Gasteiger partial charge in [0.15, 0.2) is 0 Å². The van der Waals surface area contributed by atoms with Gasteiger partial charge in [0.05, 0.1) is 0 Å². The molecule has 0 saturated carbocycles. The second-order valence-electron chi connectivity index (χ2n) is 3.90. The first-order valence-electron chi connectivity index (χ1n) is 5.08. The van der Waals surface area contributed by atoms with Gasteiger partial charge in [0.1, 0.15) is 0 Å². The van der Waals surface area contributed by atoms with Crippen molar-refractivity contribution in [3.63, 3.8) is 0 Å². The summed E-state index contributed by atoms with van der Waals surface area (Å²) in [5.41, 5.74) is 8.22. The molecular weight excluding hydrogens is 172 g/mol. The first-order chi connectivity index (χ1) is 6.75. The van der Waals surface area contributed by atoms with E-state index < -0.39 is 0 Å². The molecule has 2 rings (SSSR count). The van der Waals surface area contributed by atoms with E-state index in [1.54, 1.807) is 0 Å². The van der Waals surface area contributed by atoms with Crippen LogP contribution in [0.4, 0.5) is 0 Å². The number of hydrogen-bond acceptors (Lipinski definition) is 1. The number of aromatic nitrogens is 1. The number of nitrogens with one attached hydrogen (secondary N) is 1. The lowest BCUT2D eigenvalue weighted by Gasteiger charge is -2.01. The first kappa shape index (κ1) is 9.28. The Labute approximate surface area is 84.1 Å². The highest BCUT2D eigenvalue weighted by atomic mass is 14.7. The van der Waals surface area contributed by atoms with Crippen molar-refractivity contribution < 1.29 is 0 Å². The molecule has 0 radical (unpaired) electrons. The Balaban J connectivity index is 2.19. The highest BCUT2D eigenvalue weighted by Gasteiger charge is 2.01. The highest BCUT2D eigenvalue weighted by Crippen LogP contribution is 2.15. The van der Waals surface area contributed by atoms with E-state index in [1.165, 1.54) is 16.6 Å². The van der Waals surface area contributed by atoms with Crippen LogP contribution in [0.15, 0.2) is 30.3 Å². The van der Waals surface area contributed by atoms with Gasteiger partial charge in [-0.3, -0.25) is 0 Å². The molecule has 1 heterocycles. The van der Waals surface area contributed by atoms with E-state index in [0.717, 1.165) is 12.8 Å². The SMILES string of the molecule is CC(N)CCc1cc2ccccc2[nH]1. The highest BCUT2D eigenvalue weighted by molar-refractivity contribution is 5.80. The monoisotopic (exact) mass is 188 g/mol. The zero-order valence-electron chi connectivity index (χ0n) is 8.46. The zero-order chi connectivity index (χ0) is 9.97. The molecule has 3 N–H and O–H groups in total. The quantitative estimate of drug-likeness (QED) is 0.763. The number of nitrogens with two attached hydrogens (primary N) is 1. The van der Waals surface area contributed by atoms with Crippen LogP contribution in [0.2, 0.25) is 0 Å².